The smallest absolute Gasteiger partial charge is 0.416 e. The Kier molecular flexibility index (Phi) is 7.49. The lowest BCUT2D eigenvalue weighted by Gasteiger charge is -2.31. The first kappa shape index (κ1) is 26.5. The molecule has 190 valence electrons. The van der Waals surface area contributed by atoms with Gasteiger partial charge in [0, 0.05) is 0 Å². The van der Waals surface area contributed by atoms with Crippen LogP contribution in [0.4, 0.5) is 26.3 Å². The van der Waals surface area contributed by atoms with E-state index in [2.05, 4.69) is 5.32 Å². The number of ether oxygens (including phenoxy) is 2. The van der Waals surface area contributed by atoms with Crippen LogP contribution in [-0.4, -0.2) is 25.1 Å². The van der Waals surface area contributed by atoms with Gasteiger partial charge in [-0.15, -0.1) is 0 Å². The Morgan fingerprint density at radius 1 is 1.06 bits per heavy atom. The van der Waals surface area contributed by atoms with Gasteiger partial charge in [-0.1, -0.05) is 30.3 Å². The zero-order valence-corrected chi connectivity index (χ0v) is 18.8. The molecule has 3 atom stereocenters. The quantitative estimate of drug-likeness (QED) is 0.312. The summed E-state index contributed by atoms with van der Waals surface area (Å²) in [6.07, 6.45) is -11.2. The van der Waals surface area contributed by atoms with E-state index in [9.17, 15) is 35.9 Å². The van der Waals surface area contributed by atoms with Gasteiger partial charge in [0.15, 0.2) is 0 Å². The van der Waals surface area contributed by atoms with Gasteiger partial charge in [0.05, 0.1) is 36.0 Å². The fraction of sp³-hybridized carbons (Fsp3) is 0.417. The zero-order valence-electron chi connectivity index (χ0n) is 18.8. The van der Waals surface area contributed by atoms with Gasteiger partial charge in [-0.25, -0.2) is 0 Å². The molecule has 0 spiro atoms. The molecule has 0 aromatic heterocycles. The van der Waals surface area contributed by atoms with Crippen LogP contribution >= 0.6 is 0 Å². The van der Waals surface area contributed by atoms with Crippen LogP contribution < -0.4 is 5.32 Å². The Balaban J connectivity index is 1.91. The maximum Gasteiger partial charge on any atom is 0.416 e. The van der Waals surface area contributed by atoms with Crippen LogP contribution in [0, 0.1) is 5.92 Å². The number of carbonyl (C=O) groups excluding carboxylic acids is 2. The first-order chi connectivity index (χ1) is 16.3. The summed E-state index contributed by atoms with van der Waals surface area (Å²) in [5.41, 5.74) is -3.91. The predicted octanol–water partition coefficient (Wildman–Crippen LogP) is 5.40. The average molecular weight is 503 g/mol. The standard InChI is InChI=1S/C24H23F6NO4/c1-3-34-21(33)19-12-22(31-20(19)32,16-7-5-4-6-8-16)13-35-14(2)15-9-17(23(25,26)27)11-18(10-15)24(28,29)30/h4-11,14,19H,3,12-13H2,1-2H3,(H,31,32)/t14-,19?,22-/m1/s1. The van der Waals surface area contributed by atoms with Gasteiger partial charge < -0.3 is 14.8 Å². The Morgan fingerprint density at radius 3 is 2.14 bits per heavy atom. The molecule has 35 heavy (non-hydrogen) atoms. The highest BCUT2D eigenvalue weighted by Crippen LogP contribution is 2.40. The third-order valence-corrected chi connectivity index (χ3v) is 5.79. The molecule has 1 aliphatic heterocycles. The van der Waals surface area contributed by atoms with E-state index in [1.54, 1.807) is 37.3 Å². The molecular formula is C24H23F6NO4. The fourth-order valence-electron chi connectivity index (χ4n) is 3.95. The van der Waals surface area contributed by atoms with Crippen molar-refractivity contribution >= 4 is 11.9 Å². The van der Waals surface area contributed by atoms with Crippen LogP contribution in [0.3, 0.4) is 0 Å². The minimum absolute atomic E-state index is 0.0445. The second-order valence-corrected chi connectivity index (χ2v) is 8.24. The summed E-state index contributed by atoms with van der Waals surface area (Å²) in [5, 5.41) is 2.73. The molecule has 11 heteroatoms. The highest BCUT2D eigenvalue weighted by molar-refractivity contribution is 6.00. The summed E-state index contributed by atoms with van der Waals surface area (Å²) in [6, 6.07) is 9.69. The lowest BCUT2D eigenvalue weighted by molar-refractivity contribution is -0.151. The molecule has 1 unspecified atom stereocenters. The Labute approximate surface area is 197 Å². The van der Waals surface area contributed by atoms with Gasteiger partial charge in [0.25, 0.3) is 0 Å². The number of carbonyl (C=O) groups is 2. The molecule has 0 saturated carbocycles. The first-order valence-corrected chi connectivity index (χ1v) is 10.7. The molecule has 1 saturated heterocycles. The van der Waals surface area contributed by atoms with Crippen LogP contribution in [0.15, 0.2) is 48.5 Å². The Hall–Kier alpha value is -3.08. The number of esters is 1. The molecule has 1 N–H and O–H groups in total. The van der Waals surface area contributed by atoms with Crippen molar-refractivity contribution in [2.75, 3.05) is 13.2 Å². The number of hydrogen-bond acceptors (Lipinski definition) is 4. The summed E-state index contributed by atoms with van der Waals surface area (Å²) in [4.78, 5) is 24.8. The molecule has 2 aromatic rings. The van der Waals surface area contributed by atoms with E-state index in [0.717, 1.165) is 0 Å². The summed E-state index contributed by atoms with van der Waals surface area (Å²) in [6.45, 7) is 2.65. The highest BCUT2D eigenvalue weighted by atomic mass is 19.4. The van der Waals surface area contributed by atoms with Crippen molar-refractivity contribution in [3.63, 3.8) is 0 Å². The third-order valence-electron chi connectivity index (χ3n) is 5.79. The first-order valence-electron chi connectivity index (χ1n) is 10.7. The van der Waals surface area contributed by atoms with E-state index in [1.165, 1.54) is 6.92 Å². The summed E-state index contributed by atoms with van der Waals surface area (Å²) >= 11 is 0. The van der Waals surface area contributed by atoms with Crippen molar-refractivity contribution in [2.24, 2.45) is 5.92 Å². The lowest BCUT2D eigenvalue weighted by Crippen LogP contribution is -2.43. The van der Waals surface area contributed by atoms with Gasteiger partial charge in [-0.05, 0) is 49.6 Å². The largest absolute Gasteiger partial charge is 0.465 e. The molecule has 2 aromatic carbocycles. The van der Waals surface area contributed by atoms with Crippen LogP contribution in [0.25, 0.3) is 0 Å². The Morgan fingerprint density at radius 2 is 1.63 bits per heavy atom. The van der Waals surface area contributed by atoms with E-state index in [-0.39, 0.29) is 31.3 Å². The van der Waals surface area contributed by atoms with Gasteiger partial charge in [0.2, 0.25) is 5.91 Å². The maximum absolute atomic E-state index is 13.2. The van der Waals surface area contributed by atoms with E-state index >= 15 is 0 Å². The van der Waals surface area contributed by atoms with E-state index in [1.807, 2.05) is 0 Å². The number of amides is 1. The van der Waals surface area contributed by atoms with Crippen molar-refractivity contribution in [3.05, 3.63) is 70.8 Å². The molecule has 0 bridgehead atoms. The third kappa shape index (κ3) is 5.95. The molecule has 0 aliphatic carbocycles. The zero-order chi connectivity index (χ0) is 26.0. The van der Waals surface area contributed by atoms with Crippen molar-refractivity contribution in [3.8, 4) is 0 Å². The second kappa shape index (κ2) is 9.88. The average Bonchev–Trinajstić information content (AvgIpc) is 3.14. The molecule has 5 nitrogen and oxygen atoms in total. The van der Waals surface area contributed by atoms with Crippen molar-refractivity contribution in [2.45, 2.75) is 44.3 Å². The van der Waals surface area contributed by atoms with Crippen LogP contribution in [0.1, 0.15) is 48.6 Å². The van der Waals surface area contributed by atoms with E-state index in [0.29, 0.717) is 17.7 Å². The molecule has 1 amide bonds. The van der Waals surface area contributed by atoms with Crippen molar-refractivity contribution in [1.29, 1.82) is 0 Å². The second-order valence-electron chi connectivity index (χ2n) is 8.24. The summed E-state index contributed by atoms with van der Waals surface area (Å²) < 4.78 is 90.1. The van der Waals surface area contributed by atoms with Gasteiger partial charge in [-0.2, -0.15) is 26.3 Å². The predicted molar refractivity (Wildman–Crippen MR) is 112 cm³/mol. The lowest BCUT2D eigenvalue weighted by atomic mass is 9.86. The van der Waals surface area contributed by atoms with Crippen LogP contribution in [0.2, 0.25) is 0 Å². The SMILES string of the molecule is CCOC(=O)C1C[C@@](CO[C@H](C)c2cc(C(F)(F)F)cc(C(F)(F)F)c2)(c2ccccc2)NC1=O. The highest BCUT2D eigenvalue weighted by Gasteiger charge is 2.49. The number of benzene rings is 2. The van der Waals surface area contributed by atoms with E-state index in [4.69, 9.17) is 9.47 Å². The summed E-state index contributed by atoms with van der Waals surface area (Å²) in [5.74, 6) is -2.48. The summed E-state index contributed by atoms with van der Waals surface area (Å²) in [7, 11) is 0. The topological polar surface area (TPSA) is 64.6 Å². The Bertz CT molecular complexity index is 1040. The van der Waals surface area contributed by atoms with Crippen molar-refractivity contribution < 1.29 is 45.4 Å². The van der Waals surface area contributed by atoms with Crippen molar-refractivity contribution in [1.82, 2.24) is 5.32 Å². The van der Waals surface area contributed by atoms with Crippen LogP contribution in [-0.2, 0) is 37.0 Å². The number of nitrogens with one attached hydrogen (secondary N) is 1. The molecule has 1 fully saturated rings. The fourth-order valence-corrected chi connectivity index (χ4v) is 3.95. The van der Waals surface area contributed by atoms with Gasteiger partial charge in [0.1, 0.15) is 5.92 Å². The van der Waals surface area contributed by atoms with Gasteiger partial charge in [-0.3, -0.25) is 9.59 Å². The monoisotopic (exact) mass is 503 g/mol. The molecular weight excluding hydrogens is 480 g/mol. The van der Waals surface area contributed by atoms with Crippen LogP contribution in [0.5, 0.6) is 0 Å². The minimum atomic E-state index is -4.99. The van der Waals surface area contributed by atoms with E-state index < -0.39 is 52.9 Å². The number of rotatable bonds is 7. The molecule has 3 rings (SSSR count). The molecule has 0 radical (unpaired) electrons. The number of alkyl halides is 6. The number of hydrogen-bond donors (Lipinski definition) is 1. The maximum atomic E-state index is 13.2. The van der Waals surface area contributed by atoms with Gasteiger partial charge >= 0.3 is 18.3 Å². The molecule has 1 heterocycles. The normalized spacial score (nSPS) is 21.5. The number of halogens is 6. The minimum Gasteiger partial charge on any atom is -0.465 e. The molecule has 1 aliphatic rings.